The van der Waals surface area contributed by atoms with E-state index in [-0.39, 0.29) is 17.7 Å². The predicted octanol–water partition coefficient (Wildman–Crippen LogP) is 2.00. The molecule has 4 aromatic rings. The van der Waals surface area contributed by atoms with E-state index in [1.165, 1.54) is 4.57 Å². The lowest BCUT2D eigenvalue weighted by Crippen LogP contribution is -2.32. The third-order valence-corrected chi connectivity index (χ3v) is 3.99. The highest BCUT2D eigenvalue weighted by molar-refractivity contribution is 5.97. The molecule has 0 aliphatic carbocycles. The molecule has 1 aromatic carbocycles. The number of nitrogens with one attached hydrogen (secondary N) is 1. The van der Waals surface area contributed by atoms with Crippen molar-refractivity contribution >= 4 is 28.0 Å². The number of fused-ring (bicyclic) bond motifs is 2. The van der Waals surface area contributed by atoms with Crippen LogP contribution < -0.4 is 10.9 Å². The summed E-state index contributed by atoms with van der Waals surface area (Å²) in [4.78, 5) is 33.1. The number of nitrogens with zero attached hydrogens (tertiary/aromatic N) is 3. The number of hydrogen-bond acceptors (Lipinski definition) is 5. The van der Waals surface area contributed by atoms with Crippen molar-refractivity contribution < 1.29 is 9.21 Å². The Morgan fingerprint density at radius 1 is 1.24 bits per heavy atom. The van der Waals surface area contributed by atoms with Gasteiger partial charge in [-0.2, -0.15) is 4.98 Å². The van der Waals surface area contributed by atoms with E-state index in [1.807, 2.05) is 24.3 Å². The van der Waals surface area contributed by atoms with Crippen LogP contribution in [0.25, 0.3) is 22.1 Å². The second-order valence-corrected chi connectivity index (χ2v) is 5.60. The first-order valence-corrected chi connectivity index (χ1v) is 7.71. The minimum Gasteiger partial charge on any atom is -0.437 e. The zero-order valence-electron chi connectivity index (χ0n) is 13.4. The van der Waals surface area contributed by atoms with Crippen LogP contribution >= 0.6 is 0 Å². The summed E-state index contributed by atoms with van der Waals surface area (Å²) in [6, 6.07) is 12.5. The lowest BCUT2D eigenvalue weighted by molar-refractivity contribution is 0.0945. The van der Waals surface area contributed by atoms with E-state index in [2.05, 4.69) is 15.3 Å². The molecule has 1 amide bonds. The number of oxazole rings is 1. The van der Waals surface area contributed by atoms with Crippen LogP contribution in [0.5, 0.6) is 0 Å². The van der Waals surface area contributed by atoms with Gasteiger partial charge in [0.25, 0.3) is 11.5 Å². The van der Waals surface area contributed by atoms with Gasteiger partial charge < -0.3 is 14.3 Å². The summed E-state index contributed by atoms with van der Waals surface area (Å²) in [6.45, 7) is 0.0746. The number of aromatic nitrogens is 3. The fraction of sp³-hybridized carbons (Fsp3) is 0.111. The van der Waals surface area contributed by atoms with Crippen LogP contribution in [0, 0.1) is 0 Å². The topological polar surface area (TPSA) is 90.0 Å². The molecule has 3 heterocycles. The number of rotatable bonds is 3. The van der Waals surface area contributed by atoms with Gasteiger partial charge in [0.1, 0.15) is 5.56 Å². The molecule has 0 saturated heterocycles. The molecule has 7 nitrogen and oxygen atoms in total. The molecule has 3 aromatic heterocycles. The first-order chi connectivity index (χ1) is 12.1. The van der Waals surface area contributed by atoms with Crippen LogP contribution in [0.15, 0.2) is 57.9 Å². The van der Waals surface area contributed by atoms with Gasteiger partial charge in [0, 0.05) is 13.2 Å². The van der Waals surface area contributed by atoms with Crippen LogP contribution in [0.2, 0.25) is 0 Å². The van der Waals surface area contributed by atoms with Crippen LogP contribution in [0.4, 0.5) is 0 Å². The van der Waals surface area contributed by atoms with E-state index in [4.69, 9.17) is 4.42 Å². The minimum absolute atomic E-state index is 0.0746. The summed E-state index contributed by atoms with van der Waals surface area (Å²) in [6.07, 6.45) is 1.62. The molecule has 0 aliphatic rings. The van der Waals surface area contributed by atoms with Gasteiger partial charge in [0.15, 0.2) is 11.2 Å². The highest BCUT2D eigenvalue weighted by Crippen LogP contribution is 2.14. The second kappa shape index (κ2) is 5.86. The van der Waals surface area contributed by atoms with Gasteiger partial charge in [-0.15, -0.1) is 0 Å². The van der Waals surface area contributed by atoms with E-state index in [9.17, 15) is 9.59 Å². The molecule has 0 fully saturated rings. The third kappa shape index (κ3) is 2.65. The first-order valence-electron chi connectivity index (χ1n) is 7.71. The van der Waals surface area contributed by atoms with Crippen molar-refractivity contribution in [3.8, 4) is 0 Å². The largest absolute Gasteiger partial charge is 0.437 e. The fourth-order valence-corrected chi connectivity index (χ4v) is 2.73. The molecular formula is C18H14N4O3. The SMILES string of the molecule is Cn1c(=O)c(C(=O)NCc2nc3ncccc3o2)cc2ccccc21. The number of para-hydroxylation sites is 1. The molecule has 0 aliphatic heterocycles. The van der Waals surface area contributed by atoms with Crippen LogP contribution in [0.1, 0.15) is 16.2 Å². The second-order valence-electron chi connectivity index (χ2n) is 5.60. The smallest absolute Gasteiger partial charge is 0.263 e. The van der Waals surface area contributed by atoms with Crippen molar-refractivity contribution in [1.82, 2.24) is 19.9 Å². The van der Waals surface area contributed by atoms with Crippen LogP contribution in [0.3, 0.4) is 0 Å². The zero-order valence-corrected chi connectivity index (χ0v) is 13.4. The molecule has 25 heavy (non-hydrogen) atoms. The maximum Gasteiger partial charge on any atom is 0.263 e. The van der Waals surface area contributed by atoms with E-state index in [0.717, 1.165) is 10.9 Å². The number of pyridine rings is 2. The average Bonchev–Trinajstić information content (AvgIpc) is 3.05. The van der Waals surface area contributed by atoms with Gasteiger partial charge in [-0.3, -0.25) is 9.59 Å². The fourth-order valence-electron chi connectivity index (χ4n) is 2.73. The van der Waals surface area contributed by atoms with Crippen LogP contribution in [-0.2, 0) is 13.6 Å². The number of hydrogen-bond donors (Lipinski definition) is 1. The zero-order chi connectivity index (χ0) is 17.4. The van der Waals surface area contributed by atoms with Crippen molar-refractivity contribution in [3.63, 3.8) is 0 Å². The Morgan fingerprint density at radius 2 is 2.08 bits per heavy atom. The normalized spacial score (nSPS) is 11.1. The Balaban J connectivity index is 1.61. The monoisotopic (exact) mass is 334 g/mol. The molecule has 0 saturated carbocycles. The van der Waals surface area contributed by atoms with Gasteiger partial charge in [0.2, 0.25) is 5.89 Å². The van der Waals surface area contributed by atoms with E-state index in [1.54, 1.807) is 31.4 Å². The molecule has 0 bridgehead atoms. The Morgan fingerprint density at radius 3 is 2.92 bits per heavy atom. The molecule has 124 valence electrons. The van der Waals surface area contributed by atoms with Gasteiger partial charge in [-0.1, -0.05) is 18.2 Å². The molecule has 0 unspecified atom stereocenters. The Bertz CT molecular complexity index is 1130. The predicted molar refractivity (Wildman–Crippen MR) is 92.2 cm³/mol. The van der Waals surface area contributed by atoms with E-state index >= 15 is 0 Å². The van der Waals surface area contributed by atoms with Crippen LogP contribution in [-0.4, -0.2) is 20.4 Å². The number of amides is 1. The van der Waals surface area contributed by atoms with Crippen molar-refractivity contribution in [3.05, 3.63) is 70.5 Å². The van der Waals surface area contributed by atoms with Crippen molar-refractivity contribution in [1.29, 1.82) is 0 Å². The summed E-state index contributed by atoms with van der Waals surface area (Å²) in [7, 11) is 1.65. The Kier molecular flexibility index (Phi) is 3.53. The molecule has 0 spiro atoms. The Hall–Kier alpha value is -3.48. The quantitative estimate of drug-likeness (QED) is 0.619. The summed E-state index contributed by atoms with van der Waals surface area (Å²) >= 11 is 0. The maximum absolute atomic E-state index is 12.4. The highest BCUT2D eigenvalue weighted by atomic mass is 16.3. The molecule has 4 rings (SSSR count). The van der Waals surface area contributed by atoms with Crippen molar-refractivity contribution in [2.75, 3.05) is 0 Å². The van der Waals surface area contributed by atoms with E-state index < -0.39 is 5.91 Å². The van der Waals surface area contributed by atoms with Gasteiger partial charge in [-0.25, -0.2) is 4.98 Å². The van der Waals surface area contributed by atoms with Gasteiger partial charge >= 0.3 is 0 Å². The molecular weight excluding hydrogens is 320 g/mol. The summed E-state index contributed by atoms with van der Waals surface area (Å²) in [5.74, 6) is -0.138. The summed E-state index contributed by atoms with van der Waals surface area (Å²) in [5.41, 5.74) is 1.53. The summed E-state index contributed by atoms with van der Waals surface area (Å²) in [5, 5.41) is 3.49. The molecule has 1 N–H and O–H groups in total. The highest BCUT2D eigenvalue weighted by Gasteiger charge is 2.15. The van der Waals surface area contributed by atoms with Gasteiger partial charge in [0.05, 0.1) is 12.1 Å². The van der Waals surface area contributed by atoms with Crippen molar-refractivity contribution in [2.24, 2.45) is 7.05 Å². The Labute approximate surface area is 141 Å². The average molecular weight is 334 g/mol. The number of benzene rings is 1. The molecule has 0 atom stereocenters. The third-order valence-electron chi connectivity index (χ3n) is 3.99. The van der Waals surface area contributed by atoms with E-state index in [0.29, 0.717) is 17.1 Å². The van der Waals surface area contributed by atoms with Crippen molar-refractivity contribution in [2.45, 2.75) is 6.54 Å². The first kappa shape index (κ1) is 15.1. The minimum atomic E-state index is -0.471. The molecule has 0 radical (unpaired) electrons. The standard InChI is InChI=1S/C18H14N4O3/c1-22-13-6-3-2-5-11(13)9-12(18(22)24)17(23)20-10-15-21-16-14(25-15)7-4-8-19-16/h2-9H,10H2,1H3,(H,20,23). The lowest BCUT2D eigenvalue weighted by atomic mass is 10.1. The number of aryl methyl sites for hydroxylation is 1. The number of carbonyl (C=O) groups is 1. The molecule has 7 heteroatoms. The van der Waals surface area contributed by atoms with Gasteiger partial charge in [-0.05, 0) is 29.7 Å². The number of carbonyl (C=O) groups excluding carboxylic acids is 1. The summed E-state index contributed by atoms with van der Waals surface area (Å²) < 4.78 is 6.97. The lowest BCUT2D eigenvalue weighted by Gasteiger charge is -2.08. The maximum atomic E-state index is 12.4.